The summed E-state index contributed by atoms with van der Waals surface area (Å²) in [6.45, 7) is 8.62. The van der Waals surface area contributed by atoms with Gasteiger partial charge in [0.1, 0.15) is 0 Å². The molecular weight excluding hydrogens is 258 g/mol. The Kier molecular flexibility index (Phi) is 7.75. The van der Waals surface area contributed by atoms with Crippen molar-refractivity contribution in [1.82, 2.24) is 5.32 Å². The zero-order chi connectivity index (χ0) is 14.1. The standard InChI is InChI=1S/C15H25NO2S/c1-4-18-15(17)8-6-5-7-9-16-11-14-10-12(2)13(3)19-14/h10,16H,4-9,11H2,1-3H3. The Morgan fingerprint density at radius 3 is 2.74 bits per heavy atom. The second kappa shape index (κ2) is 9.10. The first kappa shape index (κ1) is 16.2. The van der Waals surface area contributed by atoms with Gasteiger partial charge in [-0.15, -0.1) is 11.3 Å². The van der Waals surface area contributed by atoms with Crippen LogP contribution in [0.25, 0.3) is 0 Å². The van der Waals surface area contributed by atoms with E-state index >= 15 is 0 Å². The van der Waals surface area contributed by atoms with Crippen LogP contribution >= 0.6 is 11.3 Å². The predicted molar refractivity (Wildman–Crippen MR) is 80.6 cm³/mol. The largest absolute Gasteiger partial charge is 0.466 e. The van der Waals surface area contributed by atoms with Crippen LogP contribution in [0.5, 0.6) is 0 Å². The monoisotopic (exact) mass is 283 g/mol. The highest BCUT2D eigenvalue weighted by Crippen LogP contribution is 2.20. The van der Waals surface area contributed by atoms with E-state index in [0.717, 1.165) is 32.4 Å². The molecular formula is C15H25NO2S. The van der Waals surface area contributed by atoms with Gasteiger partial charge >= 0.3 is 5.97 Å². The lowest BCUT2D eigenvalue weighted by Gasteiger charge is -2.03. The molecule has 0 aliphatic carbocycles. The van der Waals surface area contributed by atoms with E-state index in [1.165, 1.54) is 15.3 Å². The van der Waals surface area contributed by atoms with Gasteiger partial charge in [0.2, 0.25) is 0 Å². The summed E-state index contributed by atoms with van der Waals surface area (Å²) in [5.41, 5.74) is 1.39. The van der Waals surface area contributed by atoms with Crippen LogP contribution in [0.3, 0.4) is 0 Å². The zero-order valence-electron chi connectivity index (χ0n) is 12.3. The van der Waals surface area contributed by atoms with Crippen molar-refractivity contribution in [3.63, 3.8) is 0 Å². The average Bonchev–Trinajstić information content (AvgIpc) is 2.68. The number of hydrogen-bond acceptors (Lipinski definition) is 4. The molecule has 0 fully saturated rings. The van der Waals surface area contributed by atoms with E-state index in [1.807, 2.05) is 18.3 Å². The summed E-state index contributed by atoms with van der Waals surface area (Å²) in [6, 6.07) is 2.26. The van der Waals surface area contributed by atoms with Gasteiger partial charge in [-0.1, -0.05) is 6.42 Å². The Morgan fingerprint density at radius 1 is 1.32 bits per heavy atom. The number of ether oxygens (including phenoxy) is 1. The van der Waals surface area contributed by atoms with Crippen molar-refractivity contribution in [2.45, 2.75) is 53.0 Å². The first-order valence-electron chi connectivity index (χ1n) is 7.05. The van der Waals surface area contributed by atoms with Gasteiger partial charge in [-0.3, -0.25) is 4.79 Å². The van der Waals surface area contributed by atoms with Crippen molar-refractivity contribution in [3.05, 3.63) is 21.4 Å². The van der Waals surface area contributed by atoms with Crippen LogP contribution in [-0.2, 0) is 16.1 Å². The summed E-state index contributed by atoms with van der Waals surface area (Å²) >= 11 is 1.87. The van der Waals surface area contributed by atoms with Crippen LogP contribution in [-0.4, -0.2) is 19.1 Å². The van der Waals surface area contributed by atoms with Gasteiger partial charge in [0, 0.05) is 22.7 Å². The number of thiophene rings is 1. The Labute approximate surface area is 120 Å². The highest BCUT2D eigenvalue weighted by atomic mass is 32.1. The van der Waals surface area contributed by atoms with E-state index in [-0.39, 0.29) is 5.97 Å². The number of hydrogen-bond donors (Lipinski definition) is 1. The first-order valence-corrected chi connectivity index (χ1v) is 7.87. The maximum absolute atomic E-state index is 11.1. The summed E-state index contributed by atoms with van der Waals surface area (Å²) in [7, 11) is 0. The number of carbonyl (C=O) groups is 1. The van der Waals surface area contributed by atoms with E-state index in [4.69, 9.17) is 4.74 Å². The predicted octanol–water partition coefficient (Wildman–Crippen LogP) is 3.58. The number of aryl methyl sites for hydroxylation is 2. The van der Waals surface area contributed by atoms with Crippen LogP contribution < -0.4 is 5.32 Å². The molecule has 1 N–H and O–H groups in total. The number of unbranched alkanes of at least 4 members (excludes halogenated alkanes) is 2. The minimum absolute atomic E-state index is 0.0694. The SMILES string of the molecule is CCOC(=O)CCCCCNCc1cc(C)c(C)s1. The molecule has 0 radical (unpaired) electrons. The minimum atomic E-state index is -0.0694. The lowest BCUT2D eigenvalue weighted by atomic mass is 10.2. The molecule has 0 aliphatic heterocycles. The molecule has 1 aromatic rings. The van der Waals surface area contributed by atoms with Gasteiger partial charge in [0.15, 0.2) is 0 Å². The van der Waals surface area contributed by atoms with Gasteiger partial charge in [0.05, 0.1) is 6.61 Å². The summed E-state index contributed by atoms with van der Waals surface area (Å²) in [4.78, 5) is 13.9. The second-order valence-electron chi connectivity index (χ2n) is 4.74. The molecule has 4 heteroatoms. The van der Waals surface area contributed by atoms with Crippen LogP contribution in [0.1, 0.15) is 47.9 Å². The third-order valence-electron chi connectivity index (χ3n) is 3.06. The number of carbonyl (C=O) groups excluding carboxylic acids is 1. The number of esters is 1. The van der Waals surface area contributed by atoms with Crippen LogP contribution in [0.2, 0.25) is 0 Å². The fourth-order valence-electron chi connectivity index (χ4n) is 1.88. The first-order chi connectivity index (χ1) is 9.13. The molecule has 0 saturated carbocycles. The molecule has 1 aromatic heterocycles. The van der Waals surface area contributed by atoms with Crippen molar-refractivity contribution in [3.8, 4) is 0 Å². The van der Waals surface area contributed by atoms with Gasteiger partial charge in [-0.05, 0) is 51.8 Å². The van der Waals surface area contributed by atoms with E-state index in [0.29, 0.717) is 13.0 Å². The number of rotatable bonds is 9. The molecule has 0 amide bonds. The van der Waals surface area contributed by atoms with Crippen molar-refractivity contribution >= 4 is 17.3 Å². The normalized spacial score (nSPS) is 10.7. The molecule has 0 atom stereocenters. The third-order valence-corrected chi connectivity index (χ3v) is 4.21. The molecule has 19 heavy (non-hydrogen) atoms. The molecule has 0 saturated heterocycles. The maximum atomic E-state index is 11.1. The molecule has 0 aromatic carbocycles. The summed E-state index contributed by atoms with van der Waals surface area (Å²) < 4.78 is 4.89. The Hall–Kier alpha value is -0.870. The van der Waals surface area contributed by atoms with Gasteiger partial charge < -0.3 is 10.1 Å². The molecule has 3 nitrogen and oxygen atoms in total. The minimum Gasteiger partial charge on any atom is -0.466 e. The smallest absolute Gasteiger partial charge is 0.305 e. The lowest BCUT2D eigenvalue weighted by Crippen LogP contribution is -2.14. The van der Waals surface area contributed by atoms with E-state index < -0.39 is 0 Å². The fourth-order valence-corrected chi connectivity index (χ4v) is 2.90. The van der Waals surface area contributed by atoms with E-state index in [9.17, 15) is 4.79 Å². The zero-order valence-corrected chi connectivity index (χ0v) is 13.1. The highest BCUT2D eigenvalue weighted by Gasteiger charge is 2.02. The Bertz CT molecular complexity index is 368. The van der Waals surface area contributed by atoms with Crippen molar-refractivity contribution in [1.29, 1.82) is 0 Å². The molecule has 0 spiro atoms. The number of nitrogens with one attached hydrogen (secondary N) is 1. The molecule has 108 valence electrons. The quantitative estimate of drug-likeness (QED) is 0.556. The fraction of sp³-hybridized carbons (Fsp3) is 0.667. The van der Waals surface area contributed by atoms with Crippen molar-refractivity contribution in [2.75, 3.05) is 13.2 Å². The summed E-state index contributed by atoms with van der Waals surface area (Å²) in [5.74, 6) is -0.0694. The molecule has 1 heterocycles. The van der Waals surface area contributed by atoms with Crippen molar-refractivity contribution in [2.24, 2.45) is 0 Å². The summed E-state index contributed by atoms with van der Waals surface area (Å²) in [6.07, 6.45) is 3.67. The van der Waals surface area contributed by atoms with Crippen LogP contribution in [0.4, 0.5) is 0 Å². The molecule has 0 bridgehead atoms. The Morgan fingerprint density at radius 2 is 2.11 bits per heavy atom. The van der Waals surface area contributed by atoms with Gasteiger partial charge in [-0.25, -0.2) is 0 Å². The molecule has 0 aliphatic rings. The maximum Gasteiger partial charge on any atom is 0.305 e. The highest BCUT2D eigenvalue weighted by molar-refractivity contribution is 7.12. The van der Waals surface area contributed by atoms with Gasteiger partial charge in [-0.2, -0.15) is 0 Å². The second-order valence-corrected chi connectivity index (χ2v) is 6.09. The Balaban J connectivity index is 1.98. The van der Waals surface area contributed by atoms with E-state index in [1.54, 1.807) is 0 Å². The summed E-state index contributed by atoms with van der Waals surface area (Å²) in [5, 5.41) is 3.45. The average molecular weight is 283 g/mol. The van der Waals surface area contributed by atoms with Crippen molar-refractivity contribution < 1.29 is 9.53 Å². The molecule has 0 unspecified atom stereocenters. The van der Waals surface area contributed by atoms with Crippen LogP contribution in [0, 0.1) is 13.8 Å². The van der Waals surface area contributed by atoms with E-state index in [2.05, 4.69) is 25.2 Å². The lowest BCUT2D eigenvalue weighted by molar-refractivity contribution is -0.143. The topological polar surface area (TPSA) is 38.3 Å². The third kappa shape index (κ3) is 6.73. The van der Waals surface area contributed by atoms with Crippen LogP contribution in [0.15, 0.2) is 6.07 Å². The molecule has 1 rings (SSSR count). The van der Waals surface area contributed by atoms with Gasteiger partial charge in [0.25, 0.3) is 0 Å².